The molecule has 2 nitrogen and oxygen atoms in total. The summed E-state index contributed by atoms with van der Waals surface area (Å²) in [6, 6.07) is 4.44. The van der Waals surface area contributed by atoms with Crippen molar-refractivity contribution in [2.45, 2.75) is 38.8 Å². The Morgan fingerprint density at radius 1 is 1.35 bits per heavy atom. The molecule has 3 N–H and O–H groups in total. The van der Waals surface area contributed by atoms with Crippen LogP contribution in [0.25, 0.3) is 0 Å². The fourth-order valence-corrected chi connectivity index (χ4v) is 2.71. The SMILES string of the molecule is CCCC1CC1NCc1cc(Cl)c(N)c(Cl)c1. The van der Waals surface area contributed by atoms with E-state index in [1.54, 1.807) is 0 Å². The maximum absolute atomic E-state index is 5.99. The molecule has 2 atom stereocenters. The van der Waals surface area contributed by atoms with Crippen LogP contribution in [0.3, 0.4) is 0 Å². The van der Waals surface area contributed by atoms with Gasteiger partial charge in [-0.1, -0.05) is 36.5 Å². The molecule has 0 radical (unpaired) electrons. The second-order valence-electron chi connectivity index (χ2n) is 4.74. The summed E-state index contributed by atoms with van der Waals surface area (Å²) < 4.78 is 0. The first kappa shape index (κ1) is 13.0. The molecule has 2 unspecified atom stereocenters. The molecule has 1 aromatic rings. The quantitative estimate of drug-likeness (QED) is 0.799. The largest absolute Gasteiger partial charge is 0.396 e. The molecule has 0 saturated heterocycles. The van der Waals surface area contributed by atoms with Gasteiger partial charge in [0, 0.05) is 12.6 Å². The van der Waals surface area contributed by atoms with E-state index in [1.165, 1.54) is 19.3 Å². The lowest BCUT2D eigenvalue weighted by Gasteiger charge is -2.08. The highest BCUT2D eigenvalue weighted by Gasteiger charge is 2.35. The molecule has 1 aliphatic rings. The first-order chi connectivity index (χ1) is 8.11. The van der Waals surface area contributed by atoms with Crippen LogP contribution >= 0.6 is 23.2 Å². The van der Waals surface area contributed by atoms with E-state index < -0.39 is 0 Å². The minimum absolute atomic E-state index is 0.465. The third-order valence-electron chi connectivity index (χ3n) is 3.29. The minimum Gasteiger partial charge on any atom is -0.396 e. The van der Waals surface area contributed by atoms with Crippen molar-refractivity contribution < 1.29 is 0 Å². The van der Waals surface area contributed by atoms with Gasteiger partial charge in [-0.3, -0.25) is 0 Å². The van der Waals surface area contributed by atoms with Crippen LogP contribution in [0.1, 0.15) is 31.7 Å². The normalized spacial score (nSPS) is 22.8. The van der Waals surface area contributed by atoms with Gasteiger partial charge in [-0.15, -0.1) is 0 Å². The van der Waals surface area contributed by atoms with E-state index in [2.05, 4.69) is 12.2 Å². The lowest BCUT2D eigenvalue weighted by molar-refractivity contribution is 0.599. The Balaban J connectivity index is 1.88. The predicted molar refractivity (Wildman–Crippen MR) is 74.5 cm³/mol. The summed E-state index contributed by atoms with van der Waals surface area (Å²) in [6.45, 7) is 3.04. The summed E-state index contributed by atoms with van der Waals surface area (Å²) in [5, 5.41) is 4.60. The molecule has 17 heavy (non-hydrogen) atoms. The van der Waals surface area contributed by atoms with Crippen molar-refractivity contribution in [3.8, 4) is 0 Å². The van der Waals surface area contributed by atoms with Crippen molar-refractivity contribution in [3.05, 3.63) is 27.7 Å². The van der Waals surface area contributed by atoms with Crippen molar-refractivity contribution in [1.29, 1.82) is 0 Å². The monoisotopic (exact) mass is 272 g/mol. The number of benzene rings is 1. The Kier molecular flexibility index (Phi) is 4.18. The van der Waals surface area contributed by atoms with E-state index in [4.69, 9.17) is 28.9 Å². The molecule has 1 aromatic carbocycles. The second-order valence-corrected chi connectivity index (χ2v) is 5.56. The number of nitrogens with two attached hydrogens (primary N) is 1. The molecular weight excluding hydrogens is 255 g/mol. The molecule has 0 aromatic heterocycles. The Morgan fingerprint density at radius 2 is 2.00 bits per heavy atom. The standard InChI is InChI=1S/C13H18Cl2N2/c1-2-3-9-6-12(9)17-7-8-4-10(14)13(16)11(15)5-8/h4-5,9,12,17H,2-3,6-7,16H2,1H3. The molecule has 2 rings (SSSR count). The van der Waals surface area contributed by atoms with E-state index in [9.17, 15) is 0 Å². The van der Waals surface area contributed by atoms with Crippen molar-refractivity contribution in [3.63, 3.8) is 0 Å². The topological polar surface area (TPSA) is 38.0 Å². The molecule has 0 spiro atoms. The van der Waals surface area contributed by atoms with Gasteiger partial charge in [0.2, 0.25) is 0 Å². The minimum atomic E-state index is 0.465. The Labute approximate surface area is 112 Å². The van der Waals surface area contributed by atoms with Gasteiger partial charge in [-0.25, -0.2) is 0 Å². The van der Waals surface area contributed by atoms with Crippen LogP contribution in [0.15, 0.2) is 12.1 Å². The number of anilines is 1. The van der Waals surface area contributed by atoms with E-state index in [0.29, 0.717) is 21.8 Å². The summed E-state index contributed by atoms with van der Waals surface area (Å²) in [7, 11) is 0. The lowest BCUT2D eigenvalue weighted by Crippen LogP contribution is -2.17. The van der Waals surface area contributed by atoms with E-state index in [1.807, 2.05) is 12.1 Å². The third-order valence-corrected chi connectivity index (χ3v) is 3.91. The molecular formula is C13H18Cl2N2. The number of rotatable bonds is 5. The maximum Gasteiger partial charge on any atom is 0.0693 e. The van der Waals surface area contributed by atoms with Crippen LogP contribution in [0, 0.1) is 5.92 Å². The Morgan fingerprint density at radius 3 is 2.59 bits per heavy atom. The number of nitrogens with one attached hydrogen (secondary N) is 1. The van der Waals surface area contributed by atoms with Gasteiger partial charge in [0.1, 0.15) is 0 Å². The summed E-state index contributed by atoms with van der Waals surface area (Å²) >= 11 is 12.0. The number of hydrogen-bond donors (Lipinski definition) is 2. The lowest BCUT2D eigenvalue weighted by atomic mass is 10.2. The van der Waals surface area contributed by atoms with Crippen LogP contribution in [0.2, 0.25) is 10.0 Å². The van der Waals surface area contributed by atoms with Crippen LogP contribution < -0.4 is 11.1 Å². The highest BCUT2D eigenvalue weighted by Crippen LogP contribution is 2.35. The van der Waals surface area contributed by atoms with Gasteiger partial charge in [0.15, 0.2) is 0 Å². The number of nitrogen functional groups attached to an aromatic ring is 1. The molecule has 0 bridgehead atoms. The molecule has 1 aliphatic carbocycles. The number of hydrogen-bond acceptors (Lipinski definition) is 2. The van der Waals surface area contributed by atoms with Crippen LogP contribution in [-0.4, -0.2) is 6.04 Å². The fourth-order valence-electron chi connectivity index (χ4n) is 2.18. The van der Waals surface area contributed by atoms with Gasteiger partial charge in [0.05, 0.1) is 15.7 Å². The van der Waals surface area contributed by atoms with E-state index in [0.717, 1.165) is 18.0 Å². The molecule has 1 fully saturated rings. The zero-order valence-electron chi connectivity index (χ0n) is 9.97. The van der Waals surface area contributed by atoms with Crippen LogP contribution in [0.5, 0.6) is 0 Å². The molecule has 1 saturated carbocycles. The van der Waals surface area contributed by atoms with Crippen molar-refractivity contribution in [1.82, 2.24) is 5.32 Å². The van der Waals surface area contributed by atoms with Gasteiger partial charge in [-0.2, -0.15) is 0 Å². The summed E-state index contributed by atoms with van der Waals surface area (Å²) in [4.78, 5) is 0. The Bertz CT molecular complexity index is 383. The third kappa shape index (κ3) is 3.27. The smallest absolute Gasteiger partial charge is 0.0693 e. The first-order valence-corrected chi connectivity index (χ1v) is 6.84. The van der Waals surface area contributed by atoms with Gasteiger partial charge in [-0.05, 0) is 36.5 Å². The highest BCUT2D eigenvalue weighted by molar-refractivity contribution is 6.38. The predicted octanol–water partition coefficient (Wildman–Crippen LogP) is 3.85. The van der Waals surface area contributed by atoms with Crippen molar-refractivity contribution >= 4 is 28.9 Å². The molecule has 4 heteroatoms. The zero-order chi connectivity index (χ0) is 12.4. The molecule has 0 aliphatic heterocycles. The van der Waals surface area contributed by atoms with Gasteiger partial charge < -0.3 is 11.1 Å². The second kappa shape index (κ2) is 5.47. The molecule has 0 amide bonds. The van der Waals surface area contributed by atoms with Crippen molar-refractivity contribution in [2.75, 3.05) is 5.73 Å². The van der Waals surface area contributed by atoms with Crippen molar-refractivity contribution in [2.24, 2.45) is 5.92 Å². The summed E-state index contributed by atoms with van der Waals surface area (Å²) in [5.41, 5.74) is 7.26. The van der Waals surface area contributed by atoms with Gasteiger partial charge >= 0.3 is 0 Å². The molecule has 0 heterocycles. The van der Waals surface area contributed by atoms with Gasteiger partial charge in [0.25, 0.3) is 0 Å². The highest BCUT2D eigenvalue weighted by atomic mass is 35.5. The number of halogens is 2. The first-order valence-electron chi connectivity index (χ1n) is 6.08. The summed E-state index contributed by atoms with van der Waals surface area (Å²) in [6.07, 6.45) is 3.88. The maximum atomic E-state index is 5.99. The van der Waals surface area contributed by atoms with Crippen LogP contribution in [0.4, 0.5) is 5.69 Å². The fraction of sp³-hybridized carbons (Fsp3) is 0.538. The zero-order valence-corrected chi connectivity index (χ0v) is 11.5. The van der Waals surface area contributed by atoms with E-state index >= 15 is 0 Å². The average molecular weight is 273 g/mol. The Hall–Kier alpha value is -0.440. The average Bonchev–Trinajstić information content (AvgIpc) is 3.02. The van der Waals surface area contributed by atoms with Crippen LogP contribution in [-0.2, 0) is 6.54 Å². The summed E-state index contributed by atoms with van der Waals surface area (Å²) in [5.74, 6) is 0.861. The molecule has 94 valence electrons. The van der Waals surface area contributed by atoms with E-state index in [-0.39, 0.29) is 0 Å².